The summed E-state index contributed by atoms with van der Waals surface area (Å²) >= 11 is 0. The molecule has 2 heterocycles. The Bertz CT molecular complexity index is 1460. The molecule has 0 bridgehead atoms. The number of piperidine rings is 1. The van der Waals surface area contributed by atoms with E-state index in [1.165, 1.54) is 30.2 Å². The van der Waals surface area contributed by atoms with Crippen LogP contribution in [-0.2, 0) is 16.4 Å². The first-order valence-corrected chi connectivity index (χ1v) is 15.6. The minimum Gasteiger partial charge on any atom is -0.497 e. The number of anilines is 2. The number of halogens is 3. The molecule has 1 aliphatic heterocycles. The Morgan fingerprint density at radius 1 is 1.05 bits per heavy atom. The summed E-state index contributed by atoms with van der Waals surface area (Å²) in [6.45, 7) is 1.57. The van der Waals surface area contributed by atoms with Crippen LogP contribution in [0.3, 0.4) is 0 Å². The smallest absolute Gasteiger partial charge is 0.406 e. The minimum absolute atomic E-state index is 0.197. The molecule has 0 spiro atoms. The van der Waals surface area contributed by atoms with Gasteiger partial charge in [-0.05, 0) is 93.6 Å². The Morgan fingerprint density at radius 3 is 2.42 bits per heavy atom. The van der Waals surface area contributed by atoms with E-state index in [9.17, 15) is 21.6 Å². The molecule has 2 fully saturated rings. The molecule has 2 aliphatic rings. The third-order valence-electron chi connectivity index (χ3n) is 8.22. The molecule has 0 unspecified atom stereocenters. The number of sulfone groups is 1. The zero-order valence-electron chi connectivity index (χ0n) is 23.1. The molecule has 1 aromatic heterocycles. The van der Waals surface area contributed by atoms with Crippen LogP contribution in [0.4, 0.5) is 24.5 Å². The highest BCUT2D eigenvalue weighted by molar-refractivity contribution is 7.90. The van der Waals surface area contributed by atoms with Crippen LogP contribution in [0.15, 0.2) is 47.5 Å². The number of fused-ring (bicyclic) bond motifs is 1. The lowest BCUT2D eigenvalue weighted by molar-refractivity contribution is -0.139. The molecule has 218 valence electrons. The maximum atomic E-state index is 13.3. The van der Waals surface area contributed by atoms with Gasteiger partial charge in [-0.2, -0.15) is 13.2 Å². The summed E-state index contributed by atoms with van der Waals surface area (Å²) in [7, 11) is 0.153. The number of nitrogens with zero attached hydrogens (tertiary/aromatic N) is 2. The number of likely N-dealkylation sites (tertiary alicyclic amines) is 1. The van der Waals surface area contributed by atoms with Crippen LogP contribution in [0.5, 0.6) is 5.75 Å². The van der Waals surface area contributed by atoms with E-state index in [1.807, 2.05) is 6.07 Å². The van der Waals surface area contributed by atoms with Crippen LogP contribution in [-0.4, -0.2) is 70.2 Å². The van der Waals surface area contributed by atoms with Crippen molar-refractivity contribution in [2.75, 3.05) is 50.7 Å². The predicted octanol–water partition coefficient (Wildman–Crippen LogP) is 5.73. The summed E-state index contributed by atoms with van der Waals surface area (Å²) in [5.41, 5.74) is 3.09. The molecule has 2 N–H and O–H groups in total. The first kappa shape index (κ1) is 28.6. The predicted molar refractivity (Wildman–Crippen MR) is 152 cm³/mol. The van der Waals surface area contributed by atoms with E-state index in [1.54, 1.807) is 18.2 Å². The lowest BCUT2D eigenvalue weighted by atomic mass is 9.71. The van der Waals surface area contributed by atoms with E-state index >= 15 is 0 Å². The lowest BCUT2D eigenvalue weighted by Crippen LogP contribution is -2.36. The quantitative estimate of drug-likeness (QED) is 0.338. The molecule has 0 radical (unpaired) electrons. The Balaban J connectivity index is 1.32. The molecule has 1 saturated heterocycles. The van der Waals surface area contributed by atoms with E-state index < -0.39 is 22.6 Å². The summed E-state index contributed by atoms with van der Waals surface area (Å²) in [5, 5.41) is 7.76. The second-order valence-corrected chi connectivity index (χ2v) is 13.3. The SMILES string of the molecule is COc1ccc(NCC2CC(c3cc(NC4CCN(C)CC4)c4ccn(CC(F)(F)F)c4c3)C2)c(S(C)(=O)=O)c1. The Hall–Kier alpha value is -2.92. The van der Waals surface area contributed by atoms with Gasteiger partial charge in [-0.3, -0.25) is 0 Å². The van der Waals surface area contributed by atoms with Gasteiger partial charge in [0.05, 0.1) is 23.2 Å². The number of ether oxygens (including phenoxy) is 1. The van der Waals surface area contributed by atoms with Crippen molar-refractivity contribution in [1.82, 2.24) is 9.47 Å². The van der Waals surface area contributed by atoms with Gasteiger partial charge in [0.25, 0.3) is 0 Å². The number of aromatic nitrogens is 1. The molecule has 7 nitrogen and oxygen atoms in total. The van der Waals surface area contributed by atoms with Gasteiger partial charge in [-0.15, -0.1) is 0 Å². The standard InChI is InChI=1S/C29H37F3N4O3S/c1-35-9-6-22(7-10-35)34-26-14-21(15-27-24(26)8-11-36(27)18-29(30,31)32)20-12-19(13-20)17-33-25-5-4-23(39-2)16-28(25)40(3,37)38/h4-5,8,11,14-16,19-20,22,33-34H,6-7,9-10,12-13,17-18H2,1-3H3. The monoisotopic (exact) mass is 578 g/mol. The summed E-state index contributed by atoms with van der Waals surface area (Å²) in [6.07, 6.45) is 2.13. The highest BCUT2D eigenvalue weighted by Gasteiger charge is 2.33. The van der Waals surface area contributed by atoms with Crippen molar-refractivity contribution < 1.29 is 26.3 Å². The number of benzene rings is 2. The first-order chi connectivity index (χ1) is 18.9. The second kappa shape index (κ2) is 11.2. The van der Waals surface area contributed by atoms with Crippen LogP contribution in [0.2, 0.25) is 0 Å². The lowest BCUT2D eigenvalue weighted by Gasteiger charge is -2.37. The summed E-state index contributed by atoms with van der Waals surface area (Å²) in [4.78, 5) is 2.49. The average molecular weight is 579 g/mol. The van der Waals surface area contributed by atoms with Gasteiger partial charge in [-0.1, -0.05) is 0 Å². The zero-order chi connectivity index (χ0) is 28.7. The van der Waals surface area contributed by atoms with Crippen molar-refractivity contribution in [3.8, 4) is 5.75 Å². The molecular formula is C29H37F3N4O3S. The number of nitrogens with one attached hydrogen (secondary N) is 2. The number of alkyl halides is 3. The zero-order valence-corrected chi connectivity index (χ0v) is 23.9. The van der Waals surface area contributed by atoms with Crippen molar-refractivity contribution in [2.24, 2.45) is 5.92 Å². The second-order valence-electron chi connectivity index (χ2n) is 11.3. The van der Waals surface area contributed by atoms with Crippen LogP contribution in [0.1, 0.15) is 37.2 Å². The fourth-order valence-electron chi connectivity index (χ4n) is 5.89. The molecular weight excluding hydrogens is 541 g/mol. The number of rotatable bonds is 9. The molecule has 40 heavy (non-hydrogen) atoms. The van der Waals surface area contributed by atoms with Crippen molar-refractivity contribution in [1.29, 1.82) is 0 Å². The maximum absolute atomic E-state index is 13.3. The van der Waals surface area contributed by atoms with E-state index in [0.717, 1.165) is 55.4 Å². The van der Waals surface area contributed by atoms with E-state index in [-0.39, 0.29) is 16.9 Å². The highest BCUT2D eigenvalue weighted by Crippen LogP contribution is 2.44. The van der Waals surface area contributed by atoms with Gasteiger partial charge in [-0.25, -0.2) is 8.42 Å². The van der Waals surface area contributed by atoms with Crippen LogP contribution in [0, 0.1) is 5.92 Å². The summed E-state index contributed by atoms with van der Waals surface area (Å²) < 4.78 is 71.0. The molecule has 3 aromatic rings. The molecule has 5 rings (SSSR count). The van der Waals surface area contributed by atoms with Gasteiger partial charge < -0.3 is 24.8 Å². The largest absolute Gasteiger partial charge is 0.497 e. The first-order valence-electron chi connectivity index (χ1n) is 13.7. The van der Waals surface area contributed by atoms with Gasteiger partial charge >= 0.3 is 6.18 Å². The Labute approximate surface area is 233 Å². The molecule has 11 heteroatoms. The molecule has 1 aliphatic carbocycles. The maximum Gasteiger partial charge on any atom is 0.406 e. The third kappa shape index (κ3) is 6.52. The fraction of sp³-hybridized carbons (Fsp3) is 0.517. The normalized spacial score (nSPS) is 20.9. The van der Waals surface area contributed by atoms with Gasteiger partial charge in [0, 0.05) is 42.2 Å². The molecule has 0 atom stereocenters. The summed E-state index contributed by atoms with van der Waals surface area (Å²) in [6, 6.07) is 11.1. The van der Waals surface area contributed by atoms with Gasteiger partial charge in [0.15, 0.2) is 9.84 Å². The molecule has 1 saturated carbocycles. The number of hydrogen-bond acceptors (Lipinski definition) is 6. The topological polar surface area (TPSA) is 75.6 Å². The minimum atomic E-state index is -4.30. The molecule has 0 amide bonds. The van der Waals surface area contributed by atoms with Crippen molar-refractivity contribution in [3.05, 3.63) is 48.2 Å². The average Bonchev–Trinajstić information content (AvgIpc) is 3.25. The Kier molecular flexibility index (Phi) is 7.98. The fourth-order valence-corrected chi connectivity index (χ4v) is 6.76. The van der Waals surface area contributed by atoms with Crippen molar-refractivity contribution in [3.63, 3.8) is 0 Å². The third-order valence-corrected chi connectivity index (χ3v) is 9.35. The summed E-state index contributed by atoms with van der Waals surface area (Å²) in [5.74, 6) is 1.03. The van der Waals surface area contributed by atoms with E-state index in [2.05, 4.69) is 28.6 Å². The van der Waals surface area contributed by atoms with Gasteiger partial charge in [0.1, 0.15) is 12.3 Å². The van der Waals surface area contributed by atoms with E-state index in [0.29, 0.717) is 29.4 Å². The van der Waals surface area contributed by atoms with Crippen LogP contribution < -0.4 is 15.4 Å². The highest BCUT2D eigenvalue weighted by atomic mass is 32.2. The Morgan fingerprint density at radius 2 is 1.77 bits per heavy atom. The molecule has 2 aromatic carbocycles. The number of hydrogen-bond donors (Lipinski definition) is 2. The van der Waals surface area contributed by atoms with Gasteiger partial charge in [0.2, 0.25) is 0 Å². The van der Waals surface area contributed by atoms with Crippen LogP contribution in [0.25, 0.3) is 10.9 Å². The number of methoxy groups -OCH3 is 1. The van der Waals surface area contributed by atoms with E-state index in [4.69, 9.17) is 4.74 Å². The van der Waals surface area contributed by atoms with Crippen molar-refractivity contribution >= 4 is 32.1 Å². The van der Waals surface area contributed by atoms with Crippen molar-refractivity contribution in [2.45, 2.75) is 55.3 Å². The van der Waals surface area contributed by atoms with Crippen LogP contribution >= 0.6 is 0 Å².